The minimum Gasteiger partial charge on any atom is -0.487 e. The van der Waals surface area contributed by atoms with E-state index in [-0.39, 0.29) is 30.4 Å². The molecule has 9 nitrogen and oxygen atoms in total. The van der Waals surface area contributed by atoms with Crippen LogP contribution in [0.4, 0.5) is 5.69 Å². The van der Waals surface area contributed by atoms with Crippen molar-refractivity contribution >= 4 is 55.1 Å². The zero-order chi connectivity index (χ0) is 27.8. The van der Waals surface area contributed by atoms with Crippen molar-refractivity contribution in [1.82, 2.24) is 4.90 Å². The van der Waals surface area contributed by atoms with Gasteiger partial charge in [0.15, 0.2) is 11.6 Å². The first kappa shape index (κ1) is 27.3. The Morgan fingerprint density at radius 2 is 1.51 bits per heavy atom. The summed E-state index contributed by atoms with van der Waals surface area (Å²) in [5.41, 5.74) is 3.91. The number of nitro benzene ring substituents is 1. The Labute approximate surface area is 240 Å². The Hall–Kier alpha value is -3.31. The largest absolute Gasteiger partial charge is 0.487 e. The van der Waals surface area contributed by atoms with Crippen LogP contribution in [0.5, 0.6) is 5.75 Å². The average molecular weight is 660 g/mol. The van der Waals surface area contributed by atoms with E-state index < -0.39 is 16.8 Å². The van der Waals surface area contributed by atoms with Crippen molar-refractivity contribution in [3.63, 3.8) is 0 Å². The monoisotopic (exact) mass is 658 g/mol. The molecule has 39 heavy (non-hydrogen) atoms. The van der Waals surface area contributed by atoms with E-state index in [0.717, 1.165) is 11.1 Å². The number of ether oxygens (including phenoxy) is 1. The highest BCUT2D eigenvalue weighted by Gasteiger charge is 2.44. The number of allylic oxidation sites excluding steroid dienone is 4. The summed E-state index contributed by atoms with van der Waals surface area (Å²) in [6, 6.07) is 9.78. The minimum absolute atomic E-state index is 0.00302. The van der Waals surface area contributed by atoms with Crippen LogP contribution in [0.1, 0.15) is 55.6 Å². The molecule has 0 fully saturated rings. The van der Waals surface area contributed by atoms with E-state index in [2.05, 4.69) is 31.9 Å². The number of carbonyl (C=O) groups is 3. The van der Waals surface area contributed by atoms with Crippen LogP contribution in [0.15, 0.2) is 67.9 Å². The summed E-state index contributed by atoms with van der Waals surface area (Å²) in [5, 5.41) is 20.5. The fourth-order valence-corrected chi connectivity index (χ4v) is 7.08. The number of ketones is 2. The van der Waals surface area contributed by atoms with Crippen molar-refractivity contribution in [3.05, 3.63) is 89.1 Å². The molecule has 0 saturated carbocycles. The zero-order valence-corrected chi connectivity index (χ0v) is 23.9. The smallest absolute Gasteiger partial charge is 0.323 e. The molecule has 2 aliphatic carbocycles. The number of nitrogens with zero attached hydrogens (tertiary/aromatic N) is 2. The van der Waals surface area contributed by atoms with Gasteiger partial charge < -0.3 is 14.7 Å². The molecule has 0 amide bonds. The number of benzene rings is 2. The topological polar surface area (TPSA) is 127 Å². The van der Waals surface area contributed by atoms with E-state index in [1.807, 2.05) is 12.1 Å². The third-order valence-electron chi connectivity index (χ3n) is 7.26. The normalized spacial score (nSPS) is 17.7. The molecular formula is C28H24Br2N2O7. The lowest BCUT2D eigenvalue weighted by Gasteiger charge is -2.43. The molecule has 0 aromatic heterocycles. The van der Waals surface area contributed by atoms with Crippen molar-refractivity contribution in [3.8, 4) is 5.75 Å². The number of non-ortho nitro benzene ring substituents is 1. The predicted molar refractivity (Wildman–Crippen MR) is 148 cm³/mol. The number of nitro groups is 1. The van der Waals surface area contributed by atoms with E-state index in [1.165, 1.54) is 12.1 Å². The molecule has 1 heterocycles. The summed E-state index contributed by atoms with van der Waals surface area (Å²) in [6.07, 6.45) is 3.14. The van der Waals surface area contributed by atoms with Gasteiger partial charge in [-0.25, -0.2) is 0 Å². The van der Waals surface area contributed by atoms with Gasteiger partial charge in [-0.15, -0.1) is 0 Å². The molecule has 2 aromatic carbocycles. The highest BCUT2D eigenvalue weighted by molar-refractivity contribution is 9.11. The standard InChI is InChI=1S/C28H24Br2N2O7/c29-18-11-16(12-19(30)28(18)39-14-15-7-9-17(10-8-15)32(37)38)25-26-20(3-1-5-22(26)33)31(13-24(35)36)21-4-2-6-23(34)27(21)25/h7-12,25H,1-6,13-14H2,(H,35,36). The third-order valence-corrected chi connectivity index (χ3v) is 8.44. The van der Waals surface area contributed by atoms with Crippen molar-refractivity contribution in [2.24, 2.45) is 0 Å². The number of halogens is 2. The van der Waals surface area contributed by atoms with Crippen molar-refractivity contribution in [1.29, 1.82) is 0 Å². The maximum atomic E-state index is 13.3. The second-order valence-corrected chi connectivity index (χ2v) is 11.4. The van der Waals surface area contributed by atoms with E-state index in [1.54, 1.807) is 17.0 Å². The van der Waals surface area contributed by atoms with Crippen LogP contribution in [-0.4, -0.2) is 39.0 Å². The number of hydrogen-bond acceptors (Lipinski definition) is 7. The van der Waals surface area contributed by atoms with Crippen molar-refractivity contribution in [2.45, 2.75) is 51.0 Å². The molecule has 5 rings (SSSR count). The van der Waals surface area contributed by atoms with Crippen molar-refractivity contribution < 1.29 is 29.2 Å². The van der Waals surface area contributed by atoms with Gasteiger partial charge in [0.1, 0.15) is 18.9 Å². The van der Waals surface area contributed by atoms with Crippen LogP contribution < -0.4 is 4.74 Å². The third kappa shape index (κ3) is 5.29. The maximum Gasteiger partial charge on any atom is 0.323 e. The summed E-state index contributed by atoms with van der Waals surface area (Å²) in [6.45, 7) is -0.114. The zero-order valence-electron chi connectivity index (χ0n) is 20.7. The van der Waals surface area contributed by atoms with Crippen LogP contribution in [0, 0.1) is 10.1 Å². The second-order valence-electron chi connectivity index (χ2n) is 9.71. The van der Waals surface area contributed by atoms with Crippen LogP contribution in [-0.2, 0) is 21.0 Å². The molecule has 3 aliphatic rings. The molecule has 0 spiro atoms. The Balaban J connectivity index is 1.53. The molecule has 0 bridgehead atoms. The fourth-order valence-electron chi connectivity index (χ4n) is 5.63. The van der Waals surface area contributed by atoms with Crippen LogP contribution in [0.2, 0.25) is 0 Å². The van der Waals surface area contributed by atoms with E-state index in [0.29, 0.717) is 75.8 Å². The first-order valence-corrected chi connectivity index (χ1v) is 14.1. The van der Waals surface area contributed by atoms with Crippen molar-refractivity contribution in [2.75, 3.05) is 6.54 Å². The summed E-state index contributed by atoms with van der Waals surface area (Å²) in [4.78, 5) is 50.6. The van der Waals surface area contributed by atoms with Gasteiger partial charge in [-0.2, -0.15) is 0 Å². The Morgan fingerprint density at radius 3 is 2.00 bits per heavy atom. The van der Waals surface area contributed by atoms with Gasteiger partial charge in [0.05, 0.1) is 13.9 Å². The first-order chi connectivity index (χ1) is 18.7. The molecule has 0 unspecified atom stereocenters. The summed E-state index contributed by atoms with van der Waals surface area (Å²) in [7, 11) is 0. The average Bonchev–Trinajstić information content (AvgIpc) is 2.89. The quantitative estimate of drug-likeness (QED) is 0.275. The van der Waals surface area contributed by atoms with E-state index in [4.69, 9.17) is 4.74 Å². The van der Waals surface area contributed by atoms with Gasteiger partial charge in [-0.3, -0.25) is 24.5 Å². The molecule has 11 heteroatoms. The highest BCUT2D eigenvalue weighted by Crippen LogP contribution is 2.50. The molecule has 0 atom stereocenters. The minimum atomic E-state index is -1.01. The fraction of sp³-hybridized carbons (Fsp3) is 0.321. The van der Waals surface area contributed by atoms with Gasteiger partial charge in [-0.1, -0.05) is 0 Å². The Bertz CT molecular complexity index is 1400. The number of carboxylic acid groups (broad SMARTS) is 1. The number of carboxylic acids is 1. The van der Waals surface area contributed by atoms with Crippen LogP contribution in [0.25, 0.3) is 0 Å². The van der Waals surface area contributed by atoms with Gasteiger partial charge in [0.2, 0.25) is 0 Å². The number of Topliss-reactive ketones (excluding diaryl/α,β-unsaturated/α-hetero) is 2. The van der Waals surface area contributed by atoms with E-state index >= 15 is 0 Å². The second kappa shape index (κ2) is 11.1. The first-order valence-electron chi connectivity index (χ1n) is 12.5. The molecule has 0 saturated heterocycles. The Kier molecular flexibility index (Phi) is 7.73. The number of aliphatic carboxylic acids is 1. The Morgan fingerprint density at radius 1 is 0.974 bits per heavy atom. The lowest BCUT2D eigenvalue weighted by Crippen LogP contribution is -2.41. The SMILES string of the molecule is O=C(O)CN1C2=C(C(=O)CCC2)C(c2cc(Br)c(OCc3ccc([N+](=O)[O-])cc3)c(Br)c2)C2=C1CCCC2=O. The number of rotatable bonds is 7. The van der Waals surface area contributed by atoms with Crippen LogP contribution >= 0.6 is 31.9 Å². The molecule has 202 valence electrons. The molecule has 1 aliphatic heterocycles. The molecule has 2 aromatic rings. The predicted octanol–water partition coefficient (Wildman–Crippen LogP) is 6.20. The molecule has 1 N–H and O–H groups in total. The maximum absolute atomic E-state index is 13.3. The van der Waals surface area contributed by atoms with Gasteiger partial charge in [0, 0.05) is 53.4 Å². The molecular weight excluding hydrogens is 636 g/mol. The molecule has 0 radical (unpaired) electrons. The summed E-state index contributed by atoms with van der Waals surface area (Å²) >= 11 is 7.17. The van der Waals surface area contributed by atoms with Gasteiger partial charge >= 0.3 is 5.97 Å². The lowest BCUT2D eigenvalue weighted by atomic mass is 9.71. The van der Waals surface area contributed by atoms with E-state index in [9.17, 15) is 29.6 Å². The number of carbonyl (C=O) groups excluding carboxylic acids is 2. The highest BCUT2D eigenvalue weighted by atomic mass is 79.9. The summed E-state index contributed by atoms with van der Waals surface area (Å²) in [5.74, 6) is -1.21. The summed E-state index contributed by atoms with van der Waals surface area (Å²) < 4.78 is 7.24. The number of hydrogen-bond donors (Lipinski definition) is 1. The lowest BCUT2D eigenvalue weighted by molar-refractivity contribution is -0.384. The van der Waals surface area contributed by atoms with Gasteiger partial charge in [0.25, 0.3) is 5.69 Å². The van der Waals surface area contributed by atoms with Gasteiger partial charge in [-0.05, 0) is 92.9 Å². The van der Waals surface area contributed by atoms with Crippen LogP contribution in [0.3, 0.4) is 0 Å².